The number of anilines is 2. The molecule has 0 radical (unpaired) electrons. The standard InChI is InChI=1S/C14H15N5S2/c1-8-3-4-16-5-10(8)6-17-13-11(12(15)19-21-13)14-18-9(2)7-20-14/h3-5,7,17H,6H2,1-2H3,(H2,15,19). The molecule has 0 aliphatic heterocycles. The number of nitrogen functional groups attached to an aromatic ring is 1. The highest BCUT2D eigenvalue weighted by atomic mass is 32.1. The number of hydrogen-bond acceptors (Lipinski definition) is 7. The van der Waals surface area contributed by atoms with Crippen LogP contribution in [0, 0.1) is 13.8 Å². The first-order valence-electron chi connectivity index (χ1n) is 6.46. The summed E-state index contributed by atoms with van der Waals surface area (Å²) in [4.78, 5) is 8.66. The number of hydrogen-bond donors (Lipinski definition) is 2. The van der Waals surface area contributed by atoms with Crippen molar-refractivity contribution in [3.05, 3.63) is 40.7 Å². The molecule has 108 valence electrons. The van der Waals surface area contributed by atoms with Gasteiger partial charge in [-0.1, -0.05) is 0 Å². The fourth-order valence-corrected chi connectivity index (χ4v) is 3.59. The molecule has 7 heteroatoms. The third-order valence-electron chi connectivity index (χ3n) is 3.14. The molecule has 0 saturated carbocycles. The Morgan fingerprint density at radius 2 is 2.19 bits per heavy atom. The summed E-state index contributed by atoms with van der Waals surface area (Å²) in [7, 11) is 0. The van der Waals surface area contributed by atoms with E-state index in [4.69, 9.17) is 5.73 Å². The average molecular weight is 317 g/mol. The molecule has 3 heterocycles. The molecule has 0 bridgehead atoms. The van der Waals surface area contributed by atoms with Gasteiger partial charge >= 0.3 is 0 Å². The maximum atomic E-state index is 6.00. The zero-order valence-corrected chi connectivity index (χ0v) is 13.4. The Morgan fingerprint density at radius 1 is 1.33 bits per heavy atom. The topological polar surface area (TPSA) is 76.7 Å². The molecule has 0 fully saturated rings. The molecule has 3 aromatic rings. The first-order valence-corrected chi connectivity index (χ1v) is 8.11. The van der Waals surface area contributed by atoms with Crippen molar-refractivity contribution in [1.29, 1.82) is 0 Å². The summed E-state index contributed by atoms with van der Waals surface area (Å²) in [5.74, 6) is 0.528. The minimum absolute atomic E-state index is 0.528. The third kappa shape index (κ3) is 2.88. The molecule has 3 rings (SSSR count). The monoisotopic (exact) mass is 317 g/mol. The largest absolute Gasteiger partial charge is 0.382 e. The van der Waals surface area contributed by atoms with Crippen molar-refractivity contribution in [2.45, 2.75) is 20.4 Å². The summed E-state index contributed by atoms with van der Waals surface area (Å²) < 4.78 is 4.24. The molecule has 0 aliphatic carbocycles. The van der Waals surface area contributed by atoms with Gasteiger partial charge in [-0.3, -0.25) is 4.98 Å². The average Bonchev–Trinajstić information content (AvgIpc) is 3.04. The minimum atomic E-state index is 0.528. The van der Waals surface area contributed by atoms with Crippen LogP contribution in [0.15, 0.2) is 23.8 Å². The van der Waals surface area contributed by atoms with Crippen LogP contribution in [0.25, 0.3) is 10.6 Å². The Balaban J connectivity index is 1.85. The molecule has 0 saturated heterocycles. The zero-order chi connectivity index (χ0) is 14.8. The number of thiazole rings is 1. The molecular formula is C14H15N5S2. The molecule has 0 aromatic carbocycles. The van der Waals surface area contributed by atoms with Crippen molar-refractivity contribution < 1.29 is 0 Å². The number of nitrogens with zero attached hydrogens (tertiary/aromatic N) is 3. The van der Waals surface area contributed by atoms with Gasteiger partial charge in [0.15, 0.2) is 0 Å². The second kappa shape index (κ2) is 5.79. The summed E-state index contributed by atoms with van der Waals surface area (Å²) in [5, 5.41) is 7.27. The summed E-state index contributed by atoms with van der Waals surface area (Å²) in [6.07, 6.45) is 3.67. The van der Waals surface area contributed by atoms with E-state index < -0.39 is 0 Å². The van der Waals surface area contributed by atoms with E-state index in [2.05, 4.69) is 26.6 Å². The van der Waals surface area contributed by atoms with Crippen LogP contribution in [0.3, 0.4) is 0 Å². The summed E-state index contributed by atoms with van der Waals surface area (Å²) in [5.41, 5.74) is 10.3. The number of nitrogens with two attached hydrogens (primary N) is 1. The molecule has 5 nitrogen and oxygen atoms in total. The first-order chi connectivity index (χ1) is 10.1. The molecule has 0 unspecified atom stereocenters. The number of pyridine rings is 1. The molecule has 3 N–H and O–H groups in total. The highest BCUT2D eigenvalue weighted by molar-refractivity contribution is 7.15. The molecule has 3 aromatic heterocycles. The van der Waals surface area contributed by atoms with Gasteiger partial charge in [-0.2, -0.15) is 4.37 Å². The van der Waals surface area contributed by atoms with E-state index in [-0.39, 0.29) is 0 Å². The second-order valence-corrected chi connectivity index (χ2v) is 6.35. The molecule has 0 amide bonds. The van der Waals surface area contributed by atoms with Gasteiger partial charge in [-0.05, 0) is 42.6 Å². The van der Waals surface area contributed by atoms with E-state index >= 15 is 0 Å². The minimum Gasteiger partial charge on any atom is -0.382 e. The maximum Gasteiger partial charge on any atom is 0.149 e. The lowest BCUT2D eigenvalue weighted by molar-refractivity contribution is 1.09. The smallest absolute Gasteiger partial charge is 0.149 e. The SMILES string of the molecule is Cc1csc(-c2c(N)nsc2NCc2cnccc2C)n1. The Kier molecular flexibility index (Phi) is 3.85. The number of aromatic nitrogens is 3. The van der Waals surface area contributed by atoms with E-state index in [9.17, 15) is 0 Å². The summed E-state index contributed by atoms with van der Waals surface area (Å²) in [6, 6.07) is 2.00. The third-order valence-corrected chi connectivity index (χ3v) is 4.93. The quantitative estimate of drug-likeness (QED) is 0.770. The van der Waals surface area contributed by atoms with Crippen LogP contribution in [-0.2, 0) is 6.54 Å². The fourth-order valence-electron chi connectivity index (χ4n) is 1.96. The van der Waals surface area contributed by atoms with Gasteiger partial charge in [-0.15, -0.1) is 11.3 Å². The van der Waals surface area contributed by atoms with E-state index in [1.807, 2.05) is 24.6 Å². The van der Waals surface area contributed by atoms with E-state index in [0.717, 1.165) is 26.8 Å². The first kappa shape index (κ1) is 14.0. The van der Waals surface area contributed by atoms with Gasteiger partial charge < -0.3 is 11.1 Å². The van der Waals surface area contributed by atoms with Crippen LogP contribution < -0.4 is 11.1 Å². The van der Waals surface area contributed by atoms with Gasteiger partial charge in [0.25, 0.3) is 0 Å². The second-order valence-electron chi connectivity index (χ2n) is 4.72. The number of nitrogens with one attached hydrogen (secondary N) is 1. The van der Waals surface area contributed by atoms with E-state index in [1.165, 1.54) is 17.1 Å². The van der Waals surface area contributed by atoms with Gasteiger partial charge in [0.1, 0.15) is 15.8 Å². The number of rotatable bonds is 4. The van der Waals surface area contributed by atoms with Crippen molar-refractivity contribution in [2.75, 3.05) is 11.1 Å². The van der Waals surface area contributed by atoms with Crippen LogP contribution in [0.1, 0.15) is 16.8 Å². The van der Waals surface area contributed by atoms with Gasteiger partial charge in [0.2, 0.25) is 0 Å². The fraction of sp³-hybridized carbons (Fsp3) is 0.214. The van der Waals surface area contributed by atoms with E-state index in [0.29, 0.717) is 12.4 Å². The van der Waals surface area contributed by atoms with Crippen molar-refractivity contribution in [2.24, 2.45) is 0 Å². The molecule has 0 spiro atoms. The lowest BCUT2D eigenvalue weighted by Crippen LogP contribution is -2.01. The molecular weight excluding hydrogens is 302 g/mol. The van der Waals surface area contributed by atoms with Crippen molar-refractivity contribution >= 4 is 33.7 Å². The van der Waals surface area contributed by atoms with Crippen LogP contribution in [0.5, 0.6) is 0 Å². The van der Waals surface area contributed by atoms with Crippen LogP contribution in [0.2, 0.25) is 0 Å². The highest BCUT2D eigenvalue weighted by Crippen LogP contribution is 2.38. The molecule has 0 atom stereocenters. The van der Waals surface area contributed by atoms with E-state index in [1.54, 1.807) is 17.5 Å². The predicted octanol–water partition coefficient (Wildman–Crippen LogP) is 3.47. The van der Waals surface area contributed by atoms with Crippen LogP contribution in [0.4, 0.5) is 10.8 Å². The molecule has 21 heavy (non-hydrogen) atoms. The molecule has 0 aliphatic rings. The summed E-state index contributed by atoms with van der Waals surface area (Å²) >= 11 is 2.95. The van der Waals surface area contributed by atoms with Crippen molar-refractivity contribution in [1.82, 2.24) is 14.3 Å². The highest BCUT2D eigenvalue weighted by Gasteiger charge is 2.16. The maximum absolute atomic E-state index is 6.00. The van der Waals surface area contributed by atoms with Crippen molar-refractivity contribution in [3.63, 3.8) is 0 Å². The predicted molar refractivity (Wildman–Crippen MR) is 88.7 cm³/mol. The van der Waals surface area contributed by atoms with Gasteiger partial charge in [-0.25, -0.2) is 4.98 Å². The zero-order valence-electron chi connectivity index (χ0n) is 11.8. The van der Waals surface area contributed by atoms with Crippen LogP contribution >= 0.6 is 22.9 Å². The lowest BCUT2D eigenvalue weighted by Gasteiger charge is -2.07. The number of aryl methyl sites for hydroxylation is 2. The Labute approximate surface area is 131 Å². The van der Waals surface area contributed by atoms with Gasteiger partial charge in [0.05, 0.1) is 5.56 Å². The summed E-state index contributed by atoms with van der Waals surface area (Å²) in [6.45, 7) is 4.74. The normalized spacial score (nSPS) is 10.8. The Morgan fingerprint density at radius 3 is 2.90 bits per heavy atom. The van der Waals surface area contributed by atoms with Crippen molar-refractivity contribution in [3.8, 4) is 10.6 Å². The van der Waals surface area contributed by atoms with Gasteiger partial charge in [0, 0.05) is 30.0 Å². The Hall–Kier alpha value is -1.99. The van der Waals surface area contributed by atoms with Crippen LogP contribution in [-0.4, -0.2) is 14.3 Å². The Bertz CT molecular complexity index is 762. The lowest BCUT2D eigenvalue weighted by atomic mass is 10.1.